The summed E-state index contributed by atoms with van der Waals surface area (Å²) in [6, 6.07) is 0. The van der Waals surface area contributed by atoms with Crippen LogP contribution in [0, 0.1) is 29.6 Å². The molecule has 2 heteroatoms. The van der Waals surface area contributed by atoms with Crippen LogP contribution in [-0.4, -0.2) is 0 Å². The van der Waals surface area contributed by atoms with E-state index in [-0.39, 0.29) is 0 Å². The third kappa shape index (κ3) is 6.90. The molecular weight excluding hydrogens is 353 g/mol. The number of hydrogen-bond donors (Lipinski definition) is 0. The monoisotopic (exact) mass is 380 g/mol. The molecule has 2 rings (SSSR count). The van der Waals surface area contributed by atoms with Gasteiger partial charge in [0.2, 0.25) is 0 Å². The minimum absolute atomic E-state index is 1.23. The number of hydrogen-bond acceptors (Lipinski definition) is 0. The maximum absolute atomic E-state index is 4.57. The molecule has 0 aromatic rings. The summed E-state index contributed by atoms with van der Waals surface area (Å²) in [5, 5.41) is 0. The van der Waals surface area contributed by atoms with Gasteiger partial charge in [0.1, 0.15) is 0 Å². The summed E-state index contributed by atoms with van der Waals surface area (Å²) < 4.78 is 0. The van der Waals surface area contributed by atoms with Crippen molar-refractivity contribution in [3.05, 3.63) is 53.9 Å². The molecule has 0 saturated heterocycles. The van der Waals surface area contributed by atoms with Crippen LogP contribution in [0.3, 0.4) is 0 Å². The Kier molecular flexibility index (Phi) is 12.2. The molecule has 0 aromatic heterocycles. The Morgan fingerprint density at radius 3 is 0.850 bits per heavy atom. The SMILES string of the molecule is C1=CCCC=CCC1.C[C]1[C](C)[C](C)[C](C)[C]1C.[Cl][Ru]. The van der Waals surface area contributed by atoms with Gasteiger partial charge in [-0.2, -0.15) is 0 Å². The van der Waals surface area contributed by atoms with Crippen molar-refractivity contribution in [1.29, 1.82) is 0 Å². The molecule has 0 heterocycles. The second-order valence-corrected chi connectivity index (χ2v) is 5.22. The Bertz CT molecular complexity index is 214. The van der Waals surface area contributed by atoms with Gasteiger partial charge in [-0.1, -0.05) is 58.9 Å². The van der Waals surface area contributed by atoms with Gasteiger partial charge in [0.15, 0.2) is 0 Å². The van der Waals surface area contributed by atoms with Crippen molar-refractivity contribution in [2.45, 2.75) is 60.3 Å². The Hall–Kier alpha value is 0.393. The van der Waals surface area contributed by atoms with Crippen molar-refractivity contribution < 1.29 is 17.3 Å². The van der Waals surface area contributed by atoms with Crippen molar-refractivity contribution in [3.8, 4) is 0 Å². The Morgan fingerprint density at radius 2 is 0.700 bits per heavy atom. The van der Waals surface area contributed by atoms with E-state index in [1.165, 1.54) is 55.3 Å². The molecule has 0 spiro atoms. The molecule has 1 saturated carbocycles. The van der Waals surface area contributed by atoms with Crippen LogP contribution in [0.1, 0.15) is 60.3 Å². The molecule has 0 bridgehead atoms. The van der Waals surface area contributed by atoms with Crippen LogP contribution in [0.2, 0.25) is 0 Å². The molecule has 0 unspecified atom stereocenters. The van der Waals surface area contributed by atoms with Crippen molar-refractivity contribution in [1.82, 2.24) is 0 Å². The molecule has 0 aromatic carbocycles. The Labute approximate surface area is 141 Å². The minimum atomic E-state index is 1.23. The van der Waals surface area contributed by atoms with E-state index in [1.54, 1.807) is 0 Å². The van der Waals surface area contributed by atoms with Crippen molar-refractivity contribution in [3.63, 3.8) is 0 Å². The first-order chi connectivity index (χ1) is 9.55. The predicted octanol–water partition coefficient (Wildman–Crippen LogP) is 6.33. The second-order valence-electron chi connectivity index (χ2n) is 5.22. The fraction of sp³-hybridized carbons (Fsp3) is 0.500. The maximum atomic E-state index is 4.57. The molecule has 20 heavy (non-hydrogen) atoms. The van der Waals surface area contributed by atoms with Crippen LogP contribution in [0.25, 0.3) is 0 Å². The van der Waals surface area contributed by atoms with Gasteiger partial charge < -0.3 is 0 Å². The third-order valence-corrected chi connectivity index (χ3v) is 4.15. The van der Waals surface area contributed by atoms with Crippen LogP contribution in [0.15, 0.2) is 24.3 Å². The quantitative estimate of drug-likeness (QED) is 0.340. The predicted molar refractivity (Wildman–Crippen MR) is 87.2 cm³/mol. The van der Waals surface area contributed by atoms with Gasteiger partial charge in [-0.15, -0.1) is 0 Å². The van der Waals surface area contributed by atoms with Crippen molar-refractivity contribution >= 4 is 9.69 Å². The zero-order valence-electron chi connectivity index (χ0n) is 13.4. The van der Waals surface area contributed by atoms with E-state index in [1.807, 2.05) is 17.3 Å². The summed E-state index contributed by atoms with van der Waals surface area (Å²) in [7, 11) is 4.57. The molecule has 5 radical (unpaired) electrons. The molecule has 0 amide bonds. The van der Waals surface area contributed by atoms with Crippen LogP contribution in [0.4, 0.5) is 0 Å². The summed E-state index contributed by atoms with van der Waals surface area (Å²) in [6.45, 7) is 11.0. The van der Waals surface area contributed by atoms with Gasteiger partial charge in [-0.05, 0) is 55.3 Å². The molecular formula is C18H27ClRu. The topological polar surface area (TPSA) is 0 Å². The second kappa shape index (κ2) is 12.0. The van der Waals surface area contributed by atoms with Crippen molar-refractivity contribution in [2.75, 3.05) is 0 Å². The molecule has 2 aliphatic rings. The van der Waals surface area contributed by atoms with Crippen molar-refractivity contribution in [2.24, 2.45) is 0 Å². The molecule has 0 aliphatic heterocycles. The van der Waals surface area contributed by atoms with Gasteiger partial charge in [0.05, 0.1) is 0 Å². The molecule has 114 valence electrons. The van der Waals surface area contributed by atoms with Crippen LogP contribution in [-0.2, 0) is 17.3 Å². The average Bonchev–Trinajstić information content (AvgIpc) is 2.59. The molecule has 1 fully saturated rings. The number of halogens is 1. The van der Waals surface area contributed by atoms with Gasteiger partial charge >= 0.3 is 27.0 Å². The van der Waals surface area contributed by atoms with Gasteiger partial charge in [-0.3, -0.25) is 0 Å². The molecule has 0 atom stereocenters. The van der Waals surface area contributed by atoms with Gasteiger partial charge in [-0.25, -0.2) is 0 Å². The van der Waals surface area contributed by atoms with Crippen LogP contribution < -0.4 is 0 Å². The normalized spacial score (nSPS) is 22.6. The third-order valence-electron chi connectivity index (χ3n) is 4.15. The summed E-state index contributed by atoms with van der Waals surface area (Å²) in [5.41, 5.74) is 0. The molecule has 0 N–H and O–H groups in total. The van der Waals surface area contributed by atoms with E-state index in [0.717, 1.165) is 0 Å². The fourth-order valence-electron chi connectivity index (χ4n) is 2.26. The molecule has 0 nitrogen and oxygen atoms in total. The zero-order chi connectivity index (χ0) is 15.5. The zero-order valence-corrected chi connectivity index (χ0v) is 15.9. The standard InChI is InChI=1S/C10H15.C8H12.ClH.Ru/c1-6-7(2)9(4)10(5)8(6)3;1-2-4-6-8-7-5-3-1;;/h1-5H3;1-2,7-8H,3-6H2;1H;/q;;;+1/p-1. The van der Waals surface area contributed by atoms with Crippen LogP contribution in [0.5, 0.6) is 0 Å². The molecule has 2 aliphatic carbocycles. The van der Waals surface area contributed by atoms with Gasteiger partial charge in [0, 0.05) is 0 Å². The summed E-state index contributed by atoms with van der Waals surface area (Å²) in [5.74, 6) is 7.34. The first kappa shape index (κ1) is 20.4. The first-order valence-electron chi connectivity index (χ1n) is 7.18. The number of allylic oxidation sites excluding steroid dienone is 4. The van der Waals surface area contributed by atoms with Gasteiger partial charge in [0.25, 0.3) is 0 Å². The average molecular weight is 380 g/mol. The van der Waals surface area contributed by atoms with E-state index >= 15 is 0 Å². The van der Waals surface area contributed by atoms with E-state index in [4.69, 9.17) is 0 Å². The Morgan fingerprint density at radius 1 is 0.550 bits per heavy atom. The van der Waals surface area contributed by atoms with E-state index in [0.29, 0.717) is 0 Å². The first-order valence-corrected chi connectivity index (χ1v) is 9.42. The Balaban J connectivity index is 0.000000327. The van der Waals surface area contributed by atoms with E-state index in [9.17, 15) is 0 Å². The van der Waals surface area contributed by atoms with Crippen LogP contribution >= 0.6 is 9.69 Å². The summed E-state index contributed by atoms with van der Waals surface area (Å²) >= 11 is 1.82. The van der Waals surface area contributed by atoms with E-state index in [2.05, 4.69) is 68.6 Å². The fourth-order valence-corrected chi connectivity index (χ4v) is 2.26. The summed E-state index contributed by atoms with van der Waals surface area (Å²) in [6.07, 6.45) is 14.0. The summed E-state index contributed by atoms with van der Waals surface area (Å²) in [4.78, 5) is 0. The van der Waals surface area contributed by atoms with E-state index < -0.39 is 0 Å². The number of rotatable bonds is 0.